The Kier molecular flexibility index (Phi) is 5.47. The van der Waals surface area contributed by atoms with Crippen LogP contribution in [-0.4, -0.2) is 17.4 Å². The molecule has 33 heavy (non-hydrogen) atoms. The fraction of sp³-hybridized carbons (Fsp3) is 0.214. The summed E-state index contributed by atoms with van der Waals surface area (Å²) in [5, 5.41) is 0.496. The number of nitrogens with zero attached hydrogens (tertiary/aromatic N) is 1. The molecule has 0 spiro atoms. The Hall–Kier alpha value is -3.86. The number of ether oxygens (including phenoxy) is 1. The lowest BCUT2D eigenvalue weighted by molar-refractivity contribution is 0.0714. The van der Waals surface area contributed by atoms with E-state index in [2.05, 4.69) is 6.92 Å². The number of hydrogen-bond acceptors (Lipinski definition) is 4. The first-order valence-electron chi connectivity index (χ1n) is 11.2. The normalized spacial score (nSPS) is 15.2. The number of carbonyl (C=O) groups is 1. The molecule has 4 aromatic rings. The molecule has 0 saturated carbocycles. The molecule has 1 amide bonds. The van der Waals surface area contributed by atoms with Crippen molar-refractivity contribution in [3.63, 3.8) is 0 Å². The molecule has 1 aliphatic heterocycles. The summed E-state index contributed by atoms with van der Waals surface area (Å²) in [6.07, 6.45) is 0.921. The smallest absolute Gasteiger partial charge is 0.291 e. The average molecular weight is 440 g/mol. The summed E-state index contributed by atoms with van der Waals surface area (Å²) < 4.78 is 11.8. The molecule has 0 N–H and O–H groups in total. The molecule has 0 fully saturated rings. The third-order valence-corrected chi connectivity index (χ3v) is 5.99. The van der Waals surface area contributed by atoms with Crippen molar-refractivity contribution in [2.75, 3.05) is 6.61 Å². The van der Waals surface area contributed by atoms with Gasteiger partial charge in [-0.15, -0.1) is 0 Å². The van der Waals surface area contributed by atoms with E-state index in [0.29, 0.717) is 29.7 Å². The van der Waals surface area contributed by atoms with Gasteiger partial charge >= 0.3 is 0 Å². The number of rotatable bonds is 6. The van der Waals surface area contributed by atoms with E-state index in [1.54, 1.807) is 11.0 Å². The number of fused-ring (bicyclic) bond motifs is 2. The van der Waals surface area contributed by atoms with Crippen molar-refractivity contribution in [1.82, 2.24) is 4.90 Å². The van der Waals surface area contributed by atoms with Crippen LogP contribution in [0, 0.1) is 6.92 Å². The van der Waals surface area contributed by atoms with E-state index < -0.39 is 6.04 Å². The van der Waals surface area contributed by atoms with Crippen LogP contribution in [0.25, 0.3) is 11.0 Å². The van der Waals surface area contributed by atoms with Crippen molar-refractivity contribution in [1.29, 1.82) is 0 Å². The standard InChI is InChI=1S/C28H25NO4/c1-3-15-32-21-12-10-20(11-13-21)25-24-26(30)22-16-18(2)9-14-23(22)33-27(24)28(31)29(25)17-19-7-5-4-6-8-19/h4-14,16,25H,3,15,17H2,1-2H3. The predicted molar refractivity (Wildman–Crippen MR) is 128 cm³/mol. The highest BCUT2D eigenvalue weighted by molar-refractivity contribution is 5.99. The fourth-order valence-corrected chi connectivity index (χ4v) is 4.39. The number of carbonyl (C=O) groups excluding carboxylic acids is 1. The van der Waals surface area contributed by atoms with Gasteiger partial charge in [0.2, 0.25) is 5.76 Å². The van der Waals surface area contributed by atoms with Crippen molar-refractivity contribution in [2.45, 2.75) is 32.9 Å². The summed E-state index contributed by atoms with van der Waals surface area (Å²) in [6, 6.07) is 22.3. The van der Waals surface area contributed by atoms with E-state index in [9.17, 15) is 9.59 Å². The molecule has 166 valence electrons. The Morgan fingerprint density at radius 3 is 2.45 bits per heavy atom. The maximum absolute atomic E-state index is 13.6. The molecule has 0 aliphatic carbocycles. The van der Waals surface area contributed by atoms with E-state index >= 15 is 0 Å². The van der Waals surface area contributed by atoms with Crippen LogP contribution in [0.2, 0.25) is 0 Å². The van der Waals surface area contributed by atoms with Crippen molar-refractivity contribution in [3.05, 3.63) is 111 Å². The highest BCUT2D eigenvalue weighted by Gasteiger charge is 2.42. The largest absolute Gasteiger partial charge is 0.494 e. The van der Waals surface area contributed by atoms with Gasteiger partial charge in [-0.2, -0.15) is 0 Å². The predicted octanol–water partition coefficient (Wildman–Crippen LogP) is 5.64. The maximum atomic E-state index is 13.6. The van der Waals surface area contributed by atoms with Crippen LogP contribution in [0.5, 0.6) is 5.75 Å². The second kappa shape index (κ2) is 8.58. The molecule has 1 atom stereocenters. The van der Waals surface area contributed by atoms with E-state index in [1.807, 2.05) is 73.7 Å². The second-order valence-corrected chi connectivity index (χ2v) is 8.41. The van der Waals surface area contributed by atoms with Crippen molar-refractivity contribution >= 4 is 16.9 Å². The Bertz CT molecular complexity index is 1370. The molecule has 3 aromatic carbocycles. The van der Waals surface area contributed by atoms with Gasteiger partial charge in [0.05, 0.1) is 23.6 Å². The minimum absolute atomic E-state index is 0.128. The molecule has 2 heterocycles. The Balaban J connectivity index is 1.66. The zero-order valence-electron chi connectivity index (χ0n) is 18.7. The topological polar surface area (TPSA) is 59.8 Å². The first-order valence-corrected chi connectivity index (χ1v) is 11.2. The molecule has 1 unspecified atom stereocenters. The number of benzene rings is 3. The first-order chi connectivity index (χ1) is 16.1. The number of amides is 1. The van der Waals surface area contributed by atoms with Crippen molar-refractivity contribution in [3.8, 4) is 5.75 Å². The minimum atomic E-state index is -0.533. The summed E-state index contributed by atoms with van der Waals surface area (Å²) in [5.74, 6) is 0.620. The molecular weight excluding hydrogens is 414 g/mol. The van der Waals surface area contributed by atoms with Crippen LogP contribution in [0.3, 0.4) is 0 Å². The molecular formula is C28H25NO4. The quantitative estimate of drug-likeness (QED) is 0.390. The zero-order valence-corrected chi connectivity index (χ0v) is 18.7. The van der Waals surface area contributed by atoms with Gasteiger partial charge in [0.15, 0.2) is 5.43 Å². The first kappa shape index (κ1) is 21.0. The molecule has 5 rings (SSSR count). The van der Waals surface area contributed by atoms with Crippen LogP contribution < -0.4 is 10.2 Å². The number of aryl methyl sites for hydroxylation is 1. The molecule has 5 heteroatoms. The lowest BCUT2D eigenvalue weighted by atomic mass is 9.98. The Labute approximate surface area is 192 Å². The van der Waals surface area contributed by atoms with Gasteiger partial charge in [-0.25, -0.2) is 0 Å². The lowest BCUT2D eigenvalue weighted by Gasteiger charge is -2.25. The van der Waals surface area contributed by atoms with Crippen LogP contribution in [-0.2, 0) is 6.54 Å². The Morgan fingerprint density at radius 1 is 0.970 bits per heavy atom. The molecule has 5 nitrogen and oxygen atoms in total. The van der Waals surface area contributed by atoms with Crippen LogP contribution in [0.1, 0.15) is 52.2 Å². The van der Waals surface area contributed by atoms with Gasteiger partial charge in [0, 0.05) is 6.54 Å². The van der Waals surface area contributed by atoms with E-state index in [1.165, 1.54) is 0 Å². The van der Waals surface area contributed by atoms with Gasteiger partial charge in [-0.1, -0.05) is 61.0 Å². The second-order valence-electron chi connectivity index (χ2n) is 8.41. The van der Waals surface area contributed by atoms with Gasteiger partial charge in [0.25, 0.3) is 5.91 Å². The highest BCUT2D eigenvalue weighted by atomic mass is 16.5. The summed E-state index contributed by atoms with van der Waals surface area (Å²) in [5.41, 5.74) is 3.47. The fourth-order valence-electron chi connectivity index (χ4n) is 4.39. The van der Waals surface area contributed by atoms with Crippen LogP contribution >= 0.6 is 0 Å². The molecule has 0 bridgehead atoms. The maximum Gasteiger partial charge on any atom is 0.291 e. The summed E-state index contributed by atoms with van der Waals surface area (Å²) in [7, 11) is 0. The molecule has 1 aromatic heterocycles. The summed E-state index contributed by atoms with van der Waals surface area (Å²) >= 11 is 0. The van der Waals surface area contributed by atoms with Crippen molar-refractivity contribution in [2.24, 2.45) is 0 Å². The van der Waals surface area contributed by atoms with Crippen LogP contribution in [0.4, 0.5) is 0 Å². The summed E-state index contributed by atoms with van der Waals surface area (Å²) in [4.78, 5) is 28.9. The van der Waals surface area contributed by atoms with E-state index in [4.69, 9.17) is 9.15 Å². The average Bonchev–Trinajstić information content (AvgIpc) is 3.11. The molecule has 0 radical (unpaired) electrons. The van der Waals surface area contributed by atoms with E-state index in [0.717, 1.165) is 28.9 Å². The number of hydrogen-bond donors (Lipinski definition) is 0. The van der Waals surface area contributed by atoms with Crippen LogP contribution in [0.15, 0.2) is 82.0 Å². The van der Waals surface area contributed by atoms with Gasteiger partial charge < -0.3 is 14.1 Å². The van der Waals surface area contributed by atoms with Gasteiger partial charge in [0.1, 0.15) is 11.3 Å². The van der Waals surface area contributed by atoms with E-state index in [-0.39, 0.29) is 17.1 Å². The van der Waals surface area contributed by atoms with Gasteiger partial charge in [-0.05, 0) is 48.7 Å². The summed E-state index contributed by atoms with van der Waals surface area (Å²) in [6.45, 7) is 5.00. The monoisotopic (exact) mass is 439 g/mol. The SMILES string of the molecule is CCCOc1ccc(C2c3c(oc4ccc(C)cc4c3=O)C(=O)N2Cc2ccccc2)cc1. The zero-order chi connectivity index (χ0) is 22.9. The molecule has 1 aliphatic rings. The van der Waals surface area contributed by atoms with Crippen molar-refractivity contribution < 1.29 is 13.9 Å². The third kappa shape index (κ3) is 3.80. The third-order valence-electron chi connectivity index (χ3n) is 5.99. The Morgan fingerprint density at radius 2 is 1.73 bits per heavy atom. The van der Waals surface area contributed by atoms with Gasteiger partial charge in [-0.3, -0.25) is 9.59 Å². The lowest BCUT2D eigenvalue weighted by Crippen LogP contribution is -2.29. The highest BCUT2D eigenvalue weighted by Crippen LogP contribution is 2.39. The molecule has 0 saturated heterocycles. The minimum Gasteiger partial charge on any atom is -0.494 e.